The van der Waals surface area contributed by atoms with Crippen LogP contribution in [-0.4, -0.2) is 5.11 Å². The third-order valence-electron chi connectivity index (χ3n) is 4.94. The third-order valence-corrected chi connectivity index (χ3v) is 4.94. The first kappa shape index (κ1) is 13.6. The molecule has 1 nitrogen and oxygen atoms in total. The fraction of sp³-hybridized carbons (Fsp3) is 0.647. The predicted octanol–water partition coefficient (Wildman–Crippen LogP) is 4.55. The van der Waals surface area contributed by atoms with Crippen LogP contribution in [0.5, 0.6) is 0 Å². The van der Waals surface area contributed by atoms with Gasteiger partial charge in [-0.1, -0.05) is 44.9 Å². The summed E-state index contributed by atoms with van der Waals surface area (Å²) in [4.78, 5) is 0. The zero-order chi connectivity index (χ0) is 13.3. The van der Waals surface area contributed by atoms with E-state index in [0.29, 0.717) is 5.92 Å². The Kier molecular flexibility index (Phi) is 3.82. The van der Waals surface area contributed by atoms with Gasteiger partial charge in [0, 0.05) is 0 Å². The summed E-state index contributed by atoms with van der Waals surface area (Å²) in [5.41, 5.74) is 3.93. The molecular formula is C17H26O. The van der Waals surface area contributed by atoms with Crippen LogP contribution in [0.1, 0.15) is 62.3 Å². The lowest BCUT2D eigenvalue weighted by Gasteiger charge is -2.42. The molecule has 1 aromatic rings. The van der Waals surface area contributed by atoms with Crippen molar-refractivity contribution in [1.82, 2.24) is 0 Å². The maximum Gasteiger partial charge on any atom is 0.0825 e. The zero-order valence-electron chi connectivity index (χ0n) is 12.2. The van der Waals surface area contributed by atoms with Gasteiger partial charge in [-0.3, -0.25) is 0 Å². The van der Waals surface area contributed by atoms with E-state index < -0.39 is 0 Å². The average molecular weight is 246 g/mol. The highest BCUT2D eigenvalue weighted by molar-refractivity contribution is 5.35. The fourth-order valence-electron chi connectivity index (χ4n) is 3.42. The van der Waals surface area contributed by atoms with Crippen molar-refractivity contribution in [2.24, 2.45) is 11.3 Å². The van der Waals surface area contributed by atoms with Gasteiger partial charge in [-0.05, 0) is 54.7 Å². The molecule has 0 saturated heterocycles. The van der Waals surface area contributed by atoms with Crippen LogP contribution in [0.2, 0.25) is 0 Å². The molecule has 1 saturated carbocycles. The normalized spacial score (nSPS) is 24.8. The Labute approximate surface area is 111 Å². The van der Waals surface area contributed by atoms with E-state index >= 15 is 0 Å². The first-order valence-electron chi connectivity index (χ1n) is 7.17. The number of aryl methyl sites for hydroxylation is 1. The molecule has 1 N–H and O–H groups in total. The number of aliphatic hydroxyl groups excluding tert-OH is 1. The number of rotatable bonds is 2. The number of aliphatic hydroxyl groups is 1. The second-order valence-electron chi connectivity index (χ2n) is 6.57. The van der Waals surface area contributed by atoms with Crippen molar-refractivity contribution in [2.75, 3.05) is 0 Å². The van der Waals surface area contributed by atoms with Gasteiger partial charge in [0.1, 0.15) is 0 Å². The molecule has 0 spiro atoms. The molecule has 1 fully saturated rings. The van der Waals surface area contributed by atoms with Gasteiger partial charge in [-0.15, -0.1) is 0 Å². The third kappa shape index (κ3) is 2.47. The first-order chi connectivity index (χ1) is 8.43. The van der Waals surface area contributed by atoms with E-state index in [1.807, 2.05) is 0 Å². The standard InChI is InChI=1S/C17H26O/c1-12-8-7-9-14(13(12)2)16(18)15-10-5-6-11-17(15,3)4/h7-9,15-16,18H,5-6,10-11H2,1-4H3. The maximum atomic E-state index is 10.8. The molecule has 100 valence electrons. The minimum absolute atomic E-state index is 0.258. The van der Waals surface area contributed by atoms with Gasteiger partial charge in [0.25, 0.3) is 0 Å². The Morgan fingerprint density at radius 1 is 1.22 bits per heavy atom. The summed E-state index contributed by atoms with van der Waals surface area (Å²) in [5.74, 6) is 0.395. The summed E-state index contributed by atoms with van der Waals surface area (Å²) in [6.07, 6.45) is 4.65. The van der Waals surface area contributed by atoms with Crippen LogP contribution in [0.3, 0.4) is 0 Å². The number of benzene rings is 1. The molecule has 2 unspecified atom stereocenters. The highest BCUT2D eigenvalue weighted by Crippen LogP contribution is 2.47. The van der Waals surface area contributed by atoms with Gasteiger partial charge in [0.2, 0.25) is 0 Å². The van der Waals surface area contributed by atoms with Gasteiger partial charge in [-0.2, -0.15) is 0 Å². The molecule has 0 radical (unpaired) electrons. The molecule has 0 bridgehead atoms. The average Bonchev–Trinajstić information content (AvgIpc) is 2.31. The van der Waals surface area contributed by atoms with Crippen LogP contribution in [-0.2, 0) is 0 Å². The van der Waals surface area contributed by atoms with Crippen molar-refractivity contribution >= 4 is 0 Å². The topological polar surface area (TPSA) is 20.2 Å². The second kappa shape index (κ2) is 5.05. The summed E-state index contributed by atoms with van der Waals surface area (Å²) in [6, 6.07) is 6.28. The molecule has 0 heterocycles. The lowest BCUT2D eigenvalue weighted by molar-refractivity contribution is 0.00350. The Balaban J connectivity index is 2.30. The molecule has 1 heteroatoms. The summed E-state index contributed by atoms with van der Waals surface area (Å²) >= 11 is 0. The molecule has 0 amide bonds. The molecule has 2 rings (SSSR count). The molecule has 18 heavy (non-hydrogen) atoms. The Hall–Kier alpha value is -0.820. The molecular weight excluding hydrogens is 220 g/mol. The van der Waals surface area contributed by atoms with Gasteiger partial charge in [0.15, 0.2) is 0 Å². The minimum Gasteiger partial charge on any atom is -0.388 e. The van der Waals surface area contributed by atoms with Crippen molar-refractivity contribution in [2.45, 2.75) is 59.5 Å². The lowest BCUT2D eigenvalue weighted by atomic mass is 9.65. The van der Waals surface area contributed by atoms with E-state index in [4.69, 9.17) is 0 Å². The number of hydrogen-bond acceptors (Lipinski definition) is 1. The molecule has 1 aliphatic carbocycles. The van der Waals surface area contributed by atoms with Gasteiger partial charge < -0.3 is 5.11 Å². The maximum absolute atomic E-state index is 10.8. The van der Waals surface area contributed by atoms with Gasteiger partial charge in [-0.25, -0.2) is 0 Å². The minimum atomic E-state index is -0.305. The summed E-state index contributed by atoms with van der Waals surface area (Å²) < 4.78 is 0. The molecule has 1 aliphatic rings. The van der Waals surface area contributed by atoms with E-state index in [9.17, 15) is 5.11 Å². The molecule has 0 aromatic heterocycles. The van der Waals surface area contributed by atoms with Crippen LogP contribution >= 0.6 is 0 Å². The quantitative estimate of drug-likeness (QED) is 0.811. The summed E-state index contributed by atoms with van der Waals surface area (Å²) in [6.45, 7) is 8.87. The van der Waals surface area contributed by atoms with Crippen molar-refractivity contribution < 1.29 is 5.11 Å². The van der Waals surface area contributed by atoms with E-state index in [1.165, 1.54) is 30.4 Å². The fourth-order valence-corrected chi connectivity index (χ4v) is 3.42. The Morgan fingerprint density at radius 2 is 1.94 bits per heavy atom. The zero-order valence-corrected chi connectivity index (χ0v) is 12.2. The van der Waals surface area contributed by atoms with Crippen LogP contribution in [0, 0.1) is 25.2 Å². The van der Waals surface area contributed by atoms with Gasteiger partial charge >= 0.3 is 0 Å². The van der Waals surface area contributed by atoms with Crippen LogP contribution in [0.4, 0.5) is 0 Å². The Bertz CT molecular complexity index is 420. The number of hydrogen-bond donors (Lipinski definition) is 1. The largest absolute Gasteiger partial charge is 0.388 e. The van der Waals surface area contributed by atoms with Gasteiger partial charge in [0.05, 0.1) is 6.10 Å². The van der Waals surface area contributed by atoms with Crippen LogP contribution < -0.4 is 0 Å². The summed E-state index contributed by atoms with van der Waals surface area (Å²) in [5, 5.41) is 10.8. The van der Waals surface area contributed by atoms with Crippen molar-refractivity contribution in [3.05, 3.63) is 34.9 Å². The smallest absolute Gasteiger partial charge is 0.0825 e. The summed E-state index contributed by atoms with van der Waals surface area (Å²) in [7, 11) is 0. The van der Waals surface area contributed by atoms with Crippen LogP contribution in [0.25, 0.3) is 0 Å². The van der Waals surface area contributed by atoms with E-state index in [0.717, 1.165) is 12.0 Å². The molecule has 0 aliphatic heterocycles. The monoisotopic (exact) mass is 246 g/mol. The first-order valence-corrected chi connectivity index (χ1v) is 7.17. The van der Waals surface area contributed by atoms with Crippen molar-refractivity contribution in [1.29, 1.82) is 0 Å². The van der Waals surface area contributed by atoms with Crippen molar-refractivity contribution in [3.8, 4) is 0 Å². The van der Waals surface area contributed by atoms with Crippen LogP contribution in [0.15, 0.2) is 18.2 Å². The SMILES string of the molecule is Cc1cccc(C(O)C2CCCCC2(C)C)c1C. The lowest BCUT2D eigenvalue weighted by Crippen LogP contribution is -2.32. The highest BCUT2D eigenvalue weighted by Gasteiger charge is 2.37. The molecule has 1 aromatic carbocycles. The van der Waals surface area contributed by atoms with Crippen molar-refractivity contribution in [3.63, 3.8) is 0 Å². The Morgan fingerprint density at radius 3 is 2.61 bits per heavy atom. The van der Waals surface area contributed by atoms with E-state index in [-0.39, 0.29) is 11.5 Å². The van der Waals surface area contributed by atoms with E-state index in [2.05, 4.69) is 45.9 Å². The highest BCUT2D eigenvalue weighted by atomic mass is 16.3. The van der Waals surface area contributed by atoms with E-state index in [1.54, 1.807) is 0 Å². The second-order valence-corrected chi connectivity index (χ2v) is 6.57. The molecule has 2 atom stereocenters. The predicted molar refractivity (Wildman–Crippen MR) is 76.6 cm³/mol.